The van der Waals surface area contributed by atoms with Gasteiger partial charge in [0.15, 0.2) is 22.9 Å². The highest BCUT2D eigenvalue weighted by atomic mass is 16.5. The van der Waals surface area contributed by atoms with E-state index in [9.17, 15) is 9.59 Å². The van der Waals surface area contributed by atoms with Crippen molar-refractivity contribution in [1.29, 1.82) is 0 Å². The lowest BCUT2D eigenvalue weighted by Crippen LogP contribution is -2.25. The zero-order valence-corrected chi connectivity index (χ0v) is 35.6. The molecule has 5 heterocycles. The Morgan fingerprint density at radius 2 is 1.37 bits per heavy atom. The Morgan fingerprint density at radius 3 is 2.02 bits per heavy atom. The first-order chi connectivity index (χ1) is 30.8. The number of ether oxygens (including phenoxy) is 1. The quantitative estimate of drug-likeness (QED) is 0.0482. The number of esters is 1. The van der Waals surface area contributed by atoms with Crippen LogP contribution >= 0.6 is 0 Å². The molecule has 324 valence electrons. The molecule has 2 aliphatic rings. The summed E-state index contributed by atoms with van der Waals surface area (Å²) in [7, 11) is 0. The van der Waals surface area contributed by atoms with Gasteiger partial charge in [0.2, 0.25) is 11.9 Å². The first kappa shape index (κ1) is 41.2. The standard InChI is InChI=1S/C46H52N14O3/c1-27-22-30(43(61)48-21-19-29-10-9-20-47-24-29)15-17-34(27)54-46-59-41(52-33-13-7-4-8-14-33)38-42(60-46)56-36(55-38)25-63-44(62)31-16-18-35(28(2)23-31)53-45-57-39-37(49-26-50-39)40(58-45)51-32-11-5-3-6-12-32/h9-10,15-18,20,22-24,26,32-33H,3-8,11-14,19,21,25H2,1-2H3,(H,48,61)(H3,49,50,51,53,57,58)(H3,52,54,55,56,59,60). The molecule has 2 saturated carbocycles. The summed E-state index contributed by atoms with van der Waals surface area (Å²) < 4.78 is 5.78. The molecular weight excluding hydrogens is 797 g/mol. The summed E-state index contributed by atoms with van der Waals surface area (Å²) >= 11 is 0. The highest BCUT2D eigenvalue weighted by Gasteiger charge is 2.21. The molecule has 63 heavy (non-hydrogen) atoms. The van der Waals surface area contributed by atoms with Crippen molar-refractivity contribution in [3.05, 3.63) is 101 Å². The maximum absolute atomic E-state index is 13.4. The van der Waals surface area contributed by atoms with Crippen LogP contribution in [0.2, 0.25) is 0 Å². The predicted molar refractivity (Wildman–Crippen MR) is 243 cm³/mol. The molecule has 0 radical (unpaired) electrons. The molecule has 1 amide bonds. The molecule has 0 aliphatic heterocycles. The molecule has 0 saturated heterocycles. The molecule has 7 aromatic rings. The number of hydrogen-bond donors (Lipinski definition) is 7. The van der Waals surface area contributed by atoms with Crippen molar-refractivity contribution < 1.29 is 14.3 Å². The Balaban J connectivity index is 0.867. The van der Waals surface area contributed by atoms with Gasteiger partial charge >= 0.3 is 5.97 Å². The van der Waals surface area contributed by atoms with Crippen molar-refractivity contribution in [3.63, 3.8) is 0 Å². The van der Waals surface area contributed by atoms with Crippen molar-refractivity contribution in [2.24, 2.45) is 0 Å². The normalized spacial score (nSPS) is 14.7. The van der Waals surface area contributed by atoms with E-state index in [1.165, 1.54) is 25.7 Å². The average Bonchev–Trinajstić information content (AvgIpc) is 3.96. The van der Waals surface area contributed by atoms with E-state index in [0.29, 0.717) is 70.5 Å². The second-order valence-electron chi connectivity index (χ2n) is 16.5. The summed E-state index contributed by atoms with van der Waals surface area (Å²) in [6.07, 6.45) is 17.3. The maximum Gasteiger partial charge on any atom is 0.338 e. The Hall–Kier alpha value is -7.17. The van der Waals surface area contributed by atoms with E-state index in [-0.39, 0.29) is 18.6 Å². The van der Waals surface area contributed by atoms with Crippen LogP contribution in [0.5, 0.6) is 0 Å². The Labute approximate surface area is 364 Å². The number of aromatic amines is 2. The number of aryl methyl sites for hydroxylation is 2. The van der Waals surface area contributed by atoms with Crippen LogP contribution in [0.25, 0.3) is 22.3 Å². The molecule has 0 atom stereocenters. The Kier molecular flexibility index (Phi) is 12.3. The zero-order chi connectivity index (χ0) is 43.1. The average molecular weight is 849 g/mol. The highest BCUT2D eigenvalue weighted by molar-refractivity contribution is 5.95. The van der Waals surface area contributed by atoms with E-state index < -0.39 is 5.97 Å². The lowest BCUT2D eigenvalue weighted by atomic mass is 9.95. The predicted octanol–water partition coefficient (Wildman–Crippen LogP) is 8.34. The fourth-order valence-corrected chi connectivity index (χ4v) is 8.35. The number of rotatable bonds is 15. The van der Waals surface area contributed by atoms with Crippen LogP contribution in [0.3, 0.4) is 0 Å². The van der Waals surface area contributed by atoms with E-state index in [2.05, 4.69) is 51.5 Å². The van der Waals surface area contributed by atoms with Gasteiger partial charge in [-0.25, -0.2) is 14.8 Å². The van der Waals surface area contributed by atoms with Gasteiger partial charge in [0.1, 0.15) is 23.5 Å². The van der Waals surface area contributed by atoms with Crippen LogP contribution in [-0.2, 0) is 17.8 Å². The van der Waals surface area contributed by atoms with Crippen LogP contribution in [0, 0.1) is 13.8 Å². The van der Waals surface area contributed by atoms with Crippen molar-refractivity contribution in [2.75, 3.05) is 27.8 Å². The number of fused-ring (bicyclic) bond motifs is 2. The molecule has 2 aromatic carbocycles. The molecule has 0 unspecified atom stereocenters. The van der Waals surface area contributed by atoms with Crippen LogP contribution in [0.1, 0.15) is 107 Å². The second kappa shape index (κ2) is 18.8. The Bertz CT molecular complexity index is 2720. The van der Waals surface area contributed by atoms with Crippen molar-refractivity contribution in [3.8, 4) is 0 Å². The lowest BCUT2D eigenvalue weighted by molar-refractivity contribution is 0.0463. The summed E-state index contributed by atoms with van der Waals surface area (Å²) in [4.78, 5) is 65.1. The number of hydrogen-bond acceptors (Lipinski definition) is 14. The van der Waals surface area contributed by atoms with Gasteiger partial charge in [-0.1, -0.05) is 44.6 Å². The monoisotopic (exact) mass is 848 g/mol. The lowest BCUT2D eigenvalue weighted by Gasteiger charge is -2.23. The molecule has 2 aliphatic carbocycles. The number of H-pyrrole nitrogens is 2. The largest absolute Gasteiger partial charge is 0.454 e. The van der Waals surface area contributed by atoms with Gasteiger partial charge in [0.25, 0.3) is 5.91 Å². The Morgan fingerprint density at radius 1 is 0.730 bits per heavy atom. The zero-order valence-electron chi connectivity index (χ0n) is 35.6. The molecule has 7 N–H and O–H groups in total. The fourth-order valence-electron chi connectivity index (χ4n) is 8.35. The second-order valence-corrected chi connectivity index (χ2v) is 16.5. The summed E-state index contributed by atoms with van der Waals surface area (Å²) in [6, 6.07) is 15.3. The number of amides is 1. The van der Waals surface area contributed by atoms with Crippen LogP contribution < -0.4 is 26.6 Å². The molecular formula is C46H52N14O3. The van der Waals surface area contributed by atoms with E-state index in [1.54, 1.807) is 36.9 Å². The molecule has 0 spiro atoms. The van der Waals surface area contributed by atoms with Gasteiger partial charge in [0.05, 0.1) is 11.9 Å². The fraction of sp³-hybridized carbons (Fsp3) is 0.370. The summed E-state index contributed by atoms with van der Waals surface area (Å²) in [5, 5.41) is 16.9. The van der Waals surface area contributed by atoms with Gasteiger partial charge in [0, 0.05) is 48.0 Å². The van der Waals surface area contributed by atoms with Gasteiger partial charge < -0.3 is 41.3 Å². The number of pyridine rings is 1. The number of carbonyl (C=O) groups excluding carboxylic acids is 2. The number of benzene rings is 2. The minimum absolute atomic E-state index is 0.0982. The summed E-state index contributed by atoms with van der Waals surface area (Å²) in [5.41, 5.74) is 7.61. The van der Waals surface area contributed by atoms with Crippen LogP contribution in [0.15, 0.2) is 67.3 Å². The molecule has 0 bridgehead atoms. The molecule has 17 heteroatoms. The maximum atomic E-state index is 13.4. The number of aromatic nitrogens is 9. The SMILES string of the molecule is Cc1cc(C(=O)OCc2nc3nc(Nc4ccc(C(=O)NCCc5cccnc5)cc4C)nc(NC4CCCCC4)c3[nH]2)ccc1Nc1nc(NC2CCCCC2)c2[nH]cnc2n1. The third-order valence-corrected chi connectivity index (χ3v) is 11.8. The number of nitrogens with zero attached hydrogens (tertiary/aromatic N) is 7. The molecule has 2 fully saturated rings. The van der Waals surface area contributed by atoms with Crippen LogP contribution in [-0.4, -0.2) is 75.4 Å². The summed E-state index contributed by atoms with van der Waals surface area (Å²) in [6.45, 7) is 4.25. The molecule has 9 rings (SSSR count). The smallest absolute Gasteiger partial charge is 0.338 e. The van der Waals surface area contributed by atoms with E-state index in [4.69, 9.17) is 24.7 Å². The van der Waals surface area contributed by atoms with Crippen LogP contribution in [0.4, 0.5) is 34.9 Å². The van der Waals surface area contributed by atoms with Crippen molar-refractivity contribution >= 4 is 69.1 Å². The summed E-state index contributed by atoms with van der Waals surface area (Å²) in [5.74, 6) is 1.90. The van der Waals surface area contributed by atoms with Gasteiger partial charge in [-0.15, -0.1) is 0 Å². The topological polar surface area (TPSA) is 225 Å². The van der Waals surface area contributed by atoms with Gasteiger partial charge in [-0.05, 0) is 105 Å². The molecule has 17 nitrogen and oxygen atoms in total. The first-order valence-corrected chi connectivity index (χ1v) is 21.9. The van der Waals surface area contributed by atoms with Gasteiger partial charge in [-0.3, -0.25) is 9.78 Å². The number of carbonyl (C=O) groups is 2. The van der Waals surface area contributed by atoms with Crippen molar-refractivity contribution in [2.45, 2.75) is 103 Å². The number of anilines is 6. The van der Waals surface area contributed by atoms with Crippen molar-refractivity contribution in [1.82, 2.24) is 50.2 Å². The van der Waals surface area contributed by atoms with E-state index in [0.717, 1.165) is 77.9 Å². The number of nitrogens with one attached hydrogen (secondary N) is 7. The number of imidazole rings is 2. The van der Waals surface area contributed by atoms with E-state index in [1.807, 2.05) is 44.2 Å². The third-order valence-electron chi connectivity index (χ3n) is 11.8. The first-order valence-electron chi connectivity index (χ1n) is 21.9. The third kappa shape index (κ3) is 9.98. The highest BCUT2D eigenvalue weighted by Crippen LogP contribution is 2.30. The molecule has 5 aromatic heterocycles. The minimum Gasteiger partial charge on any atom is -0.454 e. The minimum atomic E-state index is -0.492. The van der Waals surface area contributed by atoms with E-state index >= 15 is 0 Å². The van der Waals surface area contributed by atoms with Gasteiger partial charge in [-0.2, -0.15) is 19.9 Å².